The number of amides is 1. The van der Waals surface area contributed by atoms with Crippen LogP contribution in [0.3, 0.4) is 0 Å². The quantitative estimate of drug-likeness (QED) is 0.936. The van der Waals surface area contributed by atoms with Crippen molar-refractivity contribution in [1.29, 1.82) is 0 Å². The third-order valence-corrected chi connectivity index (χ3v) is 3.75. The van der Waals surface area contributed by atoms with E-state index in [2.05, 4.69) is 17.1 Å². The number of aromatic nitrogens is 3. The Kier molecular flexibility index (Phi) is 3.37. The minimum Gasteiger partial charge on any atom is -0.508 e. The van der Waals surface area contributed by atoms with Gasteiger partial charge in [-0.3, -0.25) is 9.36 Å². The molecule has 6 heteroatoms. The smallest absolute Gasteiger partial charge is 0.245 e. The van der Waals surface area contributed by atoms with E-state index in [0.717, 1.165) is 24.4 Å². The molecule has 1 atom stereocenters. The molecular weight excluding hydrogens is 268 g/mol. The Balaban J connectivity index is 2.04. The Morgan fingerprint density at radius 2 is 2.19 bits per heavy atom. The predicted molar refractivity (Wildman–Crippen MR) is 77.5 cm³/mol. The van der Waals surface area contributed by atoms with Gasteiger partial charge in [0, 0.05) is 12.1 Å². The first kappa shape index (κ1) is 13.6. The molecule has 0 radical (unpaired) electrons. The molecule has 0 saturated heterocycles. The second-order valence-corrected chi connectivity index (χ2v) is 5.30. The van der Waals surface area contributed by atoms with Gasteiger partial charge in [-0.25, -0.2) is 0 Å². The number of aromatic hydroxyl groups is 1. The summed E-state index contributed by atoms with van der Waals surface area (Å²) in [5.74, 6) is 1.67. The highest BCUT2D eigenvalue weighted by Crippen LogP contribution is 2.29. The van der Waals surface area contributed by atoms with Gasteiger partial charge in [-0.1, -0.05) is 19.1 Å². The van der Waals surface area contributed by atoms with Crippen LogP contribution < -0.4 is 0 Å². The van der Waals surface area contributed by atoms with Crippen molar-refractivity contribution in [1.82, 2.24) is 19.7 Å². The van der Waals surface area contributed by atoms with Crippen LogP contribution in [0.1, 0.15) is 32.1 Å². The highest BCUT2D eigenvalue weighted by Gasteiger charge is 2.32. The Bertz CT molecular complexity index is 680. The van der Waals surface area contributed by atoms with Gasteiger partial charge in [0.05, 0.1) is 6.54 Å². The van der Waals surface area contributed by atoms with E-state index in [9.17, 15) is 9.90 Å². The maximum Gasteiger partial charge on any atom is 0.245 e. The van der Waals surface area contributed by atoms with Crippen molar-refractivity contribution >= 4 is 5.91 Å². The molecule has 1 aromatic heterocycles. The van der Waals surface area contributed by atoms with E-state index < -0.39 is 0 Å². The van der Waals surface area contributed by atoms with Crippen molar-refractivity contribution in [3.63, 3.8) is 0 Å². The van der Waals surface area contributed by atoms with Gasteiger partial charge in [-0.05, 0) is 25.5 Å². The van der Waals surface area contributed by atoms with Gasteiger partial charge in [-0.2, -0.15) is 0 Å². The van der Waals surface area contributed by atoms with Gasteiger partial charge < -0.3 is 10.0 Å². The highest BCUT2D eigenvalue weighted by atomic mass is 16.3. The van der Waals surface area contributed by atoms with Crippen LogP contribution in [0.15, 0.2) is 24.3 Å². The van der Waals surface area contributed by atoms with Crippen molar-refractivity contribution < 1.29 is 9.90 Å². The highest BCUT2D eigenvalue weighted by molar-refractivity contribution is 5.82. The van der Waals surface area contributed by atoms with Gasteiger partial charge >= 0.3 is 0 Å². The molecule has 2 heterocycles. The molecule has 6 nitrogen and oxygen atoms in total. The zero-order chi connectivity index (χ0) is 15.0. The van der Waals surface area contributed by atoms with Crippen molar-refractivity contribution in [3.05, 3.63) is 30.1 Å². The van der Waals surface area contributed by atoms with Crippen LogP contribution in [0.4, 0.5) is 0 Å². The minimum absolute atomic E-state index is 0.0885. The molecule has 1 amide bonds. The fraction of sp³-hybridized carbons (Fsp3) is 0.400. The van der Waals surface area contributed by atoms with Crippen LogP contribution in [0.25, 0.3) is 11.4 Å². The number of carbonyl (C=O) groups excluding carboxylic acids is 1. The van der Waals surface area contributed by atoms with Crippen LogP contribution in [0, 0.1) is 0 Å². The van der Waals surface area contributed by atoms with E-state index in [-0.39, 0.29) is 17.7 Å². The predicted octanol–water partition coefficient (Wildman–Crippen LogP) is 1.96. The summed E-state index contributed by atoms with van der Waals surface area (Å²) in [6.45, 7) is 5.14. The monoisotopic (exact) mass is 286 g/mol. The first-order valence-corrected chi connectivity index (χ1v) is 7.13. The van der Waals surface area contributed by atoms with Crippen LogP contribution >= 0.6 is 0 Å². The van der Waals surface area contributed by atoms with Crippen molar-refractivity contribution in [3.8, 4) is 17.1 Å². The molecule has 1 aliphatic rings. The minimum atomic E-state index is -0.326. The second kappa shape index (κ2) is 5.20. The molecule has 3 rings (SSSR count). The second-order valence-electron chi connectivity index (χ2n) is 5.30. The SMILES string of the molecule is CCCN1Cc2nnc(-c3cccc(O)c3)n2[C@@H](C)C1=O. The number of nitrogens with zero attached hydrogens (tertiary/aromatic N) is 4. The third kappa shape index (κ3) is 2.26. The summed E-state index contributed by atoms with van der Waals surface area (Å²) in [4.78, 5) is 14.2. The molecule has 0 bridgehead atoms. The molecule has 0 fully saturated rings. The van der Waals surface area contributed by atoms with E-state index in [0.29, 0.717) is 12.4 Å². The molecule has 0 aliphatic carbocycles. The largest absolute Gasteiger partial charge is 0.508 e. The maximum absolute atomic E-state index is 12.4. The molecular formula is C15H18N4O2. The number of carbonyl (C=O) groups is 1. The molecule has 0 saturated carbocycles. The van der Waals surface area contributed by atoms with E-state index in [1.54, 1.807) is 18.2 Å². The summed E-state index contributed by atoms with van der Waals surface area (Å²) in [6, 6.07) is 6.52. The molecule has 1 N–H and O–H groups in total. The normalized spacial score (nSPS) is 17.9. The first-order chi connectivity index (χ1) is 10.1. The number of hydrogen-bond donors (Lipinski definition) is 1. The topological polar surface area (TPSA) is 71.2 Å². The summed E-state index contributed by atoms with van der Waals surface area (Å²) in [6.07, 6.45) is 0.923. The Hall–Kier alpha value is -2.37. The summed E-state index contributed by atoms with van der Waals surface area (Å²) in [5.41, 5.74) is 0.761. The van der Waals surface area contributed by atoms with Gasteiger partial charge in [0.25, 0.3) is 0 Å². The molecule has 1 aliphatic heterocycles. The molecule has 21 heavy (non-hydrogen) atoms. The lowest BCUT2D eigenvalue weighted by atomic mass is 10.1. The van der Waals surface area contributed by atoms with Gasteiger partial charge in [0.2, 0.25) is 5.91 Å². The first-order valence-electron chi connectivity index (χ1n) is 7.13. The summed E-state index contributed by atoms with van der Waals surface area (Å²) < 4.78 is 1.86. The Morgan fingerprint density at radius 3 is 2.90 bits per heavy atom. The Morgan fingerprint density at radius 1 is 1.38 bits per heavy atom. The fourth-order valence-electron chi connectivity index (χ4n) is 2.76. The average molecular weight is 286 g/mol. The standard InChI is InChI=1S/C15H18N4O2/c1-3-7-18-9-13-16-17-14(19(13)10(2)15(18)21)11-5-4-6-12(20)8-11/h4-6,8,10,20H,3,7,9H2,1-2H3/t10-/m0/s1. The van der Waals surface area contributed by atoms with Gasteiger partial charge in [0.1, 0.15) is 11.8 Å². The lowest BCUT2D eigenvalue weighted by molar-refractivity contribution is -0.136. The summed E-state index contributed by atoms with van der Waals surface area (Å²) >= 11 is 0. The van der Waals surface area contributed by atoms with Crippen LogP contribution in [0.2, 0.25) is 0 Å². The third-order valence-electron chi connectivity index (χ3n) is 3.75. The zero-order valence-corrected chi connectivity index (χ0v) is 12.2. The number of benzene rings is 1. The number of fused-ring (bicyclic) bond motifs is 1. The van der Waals surface area contributed by atoms with Crippen molar-refractivity contribution in [2.45, 2.75) is 32.9 Å². The number of phenols is 1. The summed E-state index contributed by atoms with van der Waals surface area (Å²) in [7, 11) is 0. The number of phenolic OH excluding ortho intramolecular Hbond substituents is 1. The van der Waals surface area contributed by atoms with Crippen LogP contribution in [-0.2, 0) is 11.3 Å². The summed E-state index contributed by atoms with van der Waals surface area (Å²) in [5, 5.41) is 18.0. The van der Waals surface area contributed by atoms with Gasteiger partial charge in [-0.15, -0.1) is 10.2 Å². The number of hydrogen-bond acceptors (Lipinski definition) is 4. The van der Waals surface area contributed by atoms with Gasteiger partial charge in [0.15, 0.2) is 11.6 Å². The molecule has 0 spiro atoms. The average Bonchev–Trinajstić information content (AvgIpc) is 2.88. The van der Waals surface area contributed by atoms with Crippen LogP contribution in [0.5, 0.6) is 5.75 Å². The van der Waals surface area contributed by atoms with E-state index in [4.69, 9.17) is 0 Å². The lowest BCUT2D eigenvalue weighted by Gasteiger charge is -2.31. The zero-order valence-electron chi connectivity index (χ0n) is 12.2. The lowest BCUT2D eigenvalue weighted by Crippen LogP contribution is -2.42. The van der Waals surface area contributed by atoms with Crippen LogP contribution in [-0.4, -0.2) is 37.2 Å². The molecule has 1 aromatic carbocycles. The molecule has 110 valence electrons. The Labute approximate surface area is 123 Å². The molecule has 2 aromatic rings. The van der Waals surface area contributed by atoms with Crippen molar-refractivity contribution in [2.24, 2.45) is 0 Å². The number of rotatable bonds is 3. The van der Waals surface area contributed by atoms with Crippen molar-refractivity contribution in [2.75, 3.05) is 6.54 Å². The van der Waals surface area contributed by atoms with E-state index in [1.165, 1.54) is 0 Å². The fourth-order valence-corrected chi connectivity index (χ4v) is 2.76. The van der Waals surface area contributed by atoms with E-state index in [1.807, 2.05) is 22.5 Å². The van der Waals surface area contributed by atoms with E-state index >= 15 is 0 Å². The maximum atomic E-state index is 12.4. The molecule has 0 unspecified atom stereocenters.